The molecular formula is C18H20N4O4S2. The van der Waals surface area contributed by atoms with Gasteiger partial charge in [-0.25, -0.2) is 4.98 Å². The zero-order chi connectivity index (χ0) is 20.4. The molecule has 0 spiro atoms. The van der Waals surface area contributed by atoms with E-state index < -0.39 is 0 Å². The van der Waals surface area contributed by atoms with Gasteiger partial charge in [-0.15, -0.1) is 0 Å². The van der Waals surface area contributed by atoms with Crippen LogP contribution in [0.3, 0.4) is 0 Å². The quantitative estimate of drug-likeness (QED) is 0.617. The average molecular weight is 421 g/mol. The van der Waals surface area contributed by atoms with Gasteiger partial charge in [0.2, 0.25) is 5.91 Å². The third kappa shape index (κ3) is 3.65. The Kier molecular flexibility index (Phi) is 5.80. The van der Waals surface area contributed by atoms with Crippen molar-refractivity contribution in [2.24, 2.45) is 0 Å². The Labute approximate surface area is 170 Å². The minimum absolute atomic E-state index is 0.154. The number of aromatic nitrogens is 3. The molecule has 0 aliphatic rings. The maximum Gasteiger partial charge on any atom is 0.273 e. The van der Waals surface area contributed by atoms with Crippen LogP contribution in [0.1, 0.15) is 12.7 Å². The number of thiazole rings is 1. The summed E-state index contributed by atoms with van der Waals surface area (Å²) < 4.78 is 14.6. The number of nitrogens with zero attached hydrogens (tertiary/aromatic N) is 3. The first-order chi connectivity index (χ1) is 13.4. The number of benzene rings is 1. The Morgan fingerprint density at radius 2 is 1.96 bits per heavy atom. The molecule has 148 valence electrons. The molecule has 0 saturated carbocycles. The molecule has 0 atom stereocenters. The van der Waals surface area contributed by atoms with Crippen molar-refractivity contribution in [3.05, 3.63) is 38.3 Å². The highest BCUT2D eigenvalue weighted by atomic mass is 32.1. The fourth-order valence-electron chi connectivity index (χ4n) is 2.85. The van der Waals surface area contributed by atoms with Crippen molar-refractivity contribution in [3.8, 4) is 11.5 Å². The van der Waals surface area contributed by atoms with Crippen LogP contribution < -0.4 is 20.3 Å². The van der Waals surface area contributed by atoms with Crippen molar-refractivity contribution in [2.45, 2.75) is 26.9 Å². The van der Waals surface area contributed by atoms with Gasteiger partial charge in [0.1, 0.15) is 17.1 Å². The van der Waals surface area contributed by atoms with Crippen LogP contribution in [-0.2, 0) is 17.9 Å². The van der Waals surface area contributed by atoms with Gasteiger partial charge in [0, 0.05) is 18.3 Å². The number of hydrogen-bond acceptors (Lipinski definition) is 7. The van der Waals surface area contributed by atoms with E-state index in [-0.39, 0.29) is 18.0 Å². The number of ether oxygens (including phenoxy) is 2. The van der Waals surface area contributed by atoms with Crippen LogP contribution >= 0.6 is 23.6 Å². The number of rotatable bonds is 6. The lowest BCUT2D eigenvalue weighted by atomic mass is 10.2. The SMILES string of the molecule is CCn1c(=S)sc2c(=O)n(CC(=O)Nc3ccc(OC)c(OC)c3)c(C)nc21. The van der Waals surface area contributed by atoms with Gasteiger partial charge in [-0.05, 0) is 38.2 Å². The average Bonchev–Trinajstić information content (AvgIpc) is 3.00. The van der Waals surface area contributed by atoms with Crippen molar-refractivity contribution in [1.29, 1.82) is 0 Å². The second-order valence-electron chi connectivity index (χ2n) is 5.93. The molecular weight excluding hydrogens is 400 g/mol. The van der Waals surface area contributed by atoms with Crippen molar-refractivity contribution in [1.82, 2.24) is 14.1 Å². The first-order valence-electron chi connectivity index (χ1n) is 8.52. The van der Waals surface area contributed by atoms with Crippen LogP contribution in [0, 0.1) is 10.9 Å². The van der Waals surface area contributed by atoms with Gasteiger partial charge in [0.25, 0.3) is 5.56 Å². The minimum atomic E-state index is -0.350. The summed E-state index contributed by atoms with van der Waals surface area (Å²) in [4.78, 5) is 29.9. The molecule has 8 nitrogen and oxygen atoms in total. The van der Waals surface area contributed by atoms with E-state index >= 15 is 0 Å². The number of carbonyl (C=O) groups excluding carboxylic acids is 1. The van der Waals surface area contributed by atoms with E-state index in [1.165, 1.54) is 30.1 Å². The number of carbonyl (C=O) groups is 1. The first-order valence-corrected chi connectivity index (χ1v) is 9.74. The number of hydrogen-bond donors (Lipinski definition) is 1. The summed E-state index contributed by atoms with van der Waals surface area (Å²) in [5, 5.41) is 2.76. The highest BCUT2D eigenvalue weighted by molar-refractivity contribution is 7.73. The van der Waals surface area contributed by atoms with E-state index in [9.17, 15) is 9.59 Å². The number of methoxy groups -OCH3 is 2. The van der Waals surface area contributed by atoms with Crippen LogP contribution in [0.15, 0.2) is 23.0 Å². The lowest BCUT2D eigenvalue weighted by molar-refractivity contribution is -0.116. The normalized spacial score (nSPS) is 10.9. The lowest BCUT2D eigenvalue weighted by Gasteiger charge is -2.12. The third-order valence-corrected chi connectivity index (χ3v) is 5.68. The molecule has 3 aromatic rings. The Bertz CT molecular complexity index is 1160. The van der Waals surface area contributed by atoms with Gasteiger partial charge < -0.3 is 19.4 Å². The molecule has 3 rings (SSSR count). The molecule has 0 saturated heterocycles. The first kappa shape index (κ1) is 20.0. The Morgan fingerprint density at radius 3 is 2.61 bits per heavy atom. The summed E-state index contributed by atoms with van der Waals surface area (Å²) in [6, 6.07) is 5.05. The fraction of sp³-hybridized carbons (Fsp3) is 0.333. The predicted octanol–water partition coefficient (Wildman–Crippen LogP) is 2.97. The van der Waals surface area contributed by atoms with Gasteiger partial charge in [0.15, 0.2) is 21.1 Å². The van der Waals surface area contributed by atoms with Crippen LogP contribution in [0.5, 0.6) is 11.5 Å². The van der Waals surface area contributed by atoms with Gasteiger partial charge >= 0.3 is 0 Å². The Hall–Kier alpha value is -2.72. The number of amides is 1. The molecule has 0 aliphatic carbocycles. The van der Waals surface area contributed by atoms with Crippen LogP contribution in [-0.4, -0.2) is 34.2 Å². The van der Waals surface area contributed by atoms with E-state index in [0.717, 1.165) is 0 Å². The minimum Gasteiger partial charge on any atom is -0.493 e. The molecule has 0 unspecified atom stereocenters. The second kappa shape index (κ2) is 8.11. The maximum absolute atomic E-state index is 12.9. The largest absolute Gasteiger partial charge is 0.493 e. The summed E-state index contributed by atoms with van der Waals surface area (Å²) in [5.41, 5.74) is 0.833. The summed E-state index contributed by atoms with van der Waals surface area (Å²) in [6.07, 6.45) is 0. The molecule has 2 aromatic heterocycles. The van der Waals surface area contributed by atoms with Crippen LogP contribution in [0.2, 0.25) is 0 Å². The molecule has 2 heterocycles. The monoisotopic (exact) mass is 420 g/mol. The number of aryl methyl sites for hydroxylation is 2. The summed E-state index contributed by atoms with van der Waals surface area (Å²) in [5.74, 6) is 1.16. The Morgan fingerprint density at radius 1 is 1.25 bits per heavy atom. The van der Waals surface area contributed by atoms with Crippen molar-refractivity contribution < 1.29 is 14.3 Å². The predicted molar refractivity (Wildman–Crippen MR) is 111 cm³/mol. The highest BCUT2D eigenvalue weighted by Gasteiger charge is 2.16. The van der Waals surface area contributed by atoms with Gasteiger partial charge in [-0.1, -0.05) is 11.3 Å². The van der Waals surface area contributed by atoms with Crippen LogP contribution in [0.4, 0.5) is 5.69 Å². The standard InChI is InChI=1S/C18H20N4O4S2/c1-5-21-16-15(28-18(21)27)17(24)22(10(2)19-16)9-14(23)20-11-6-7-12(25-3)13(8-11)26-4/h6-8H,5,9H2,1-4H3,(H,20,23). The van der Waals surface area contributed by atoms with Crippen LogP contribution in [0.25, 0.3) is 10.3 Å². The molecule has 1 N–H and O–H groups in total. The second-order valence-corrected chi connectivity index (χ2v) is 7.58. The van der Waals surface area contributed by atoms with Crippen molar-refractivity contribution in [3.63, 3.8) is 0 Å². The molecule has 0 fully saturated rings. The molecule has 28 heavy (non-hydrogen) atoms. The topological polar surface area (TPSA) is 87.4 Å². The fourth-order valence-corrected chi connectivity index (χ4v) is 4.26. The maximum atomic E-state index is 12.9. The van der Waals surface area contributed by atoms with E-state index in [1.807, 2.05) is 11.5 Å². The van der Waals surface area contributed by atoms with E-state index in [0.29, 0.717) is 43.9 Å². The number of fused-ring (bicyclic) bond motifs is 1. The molecule has 10 heteroatoms. The van der Waals surface area contributed by atoms with E-state index in [1.54, 1.807) is 25.1 Å². The number of anilines is 1. The van der Waals surface area contributed by atoms with Gasteiger partial charge in [0.05, 0.1) is 14.2 Å². The van der Waals surface area contributed by atoms with Gasteiger partial charge in [-0.3, -0.25) is 14.2 Å². The number of nitrogens with one attached hydrogen (secondary N) is 1. The molecule has 0 bridgehead atoms. The Balaban J connectivity index is 1.89. The summed E-state index contributed by atoms with van der Waals surface area (Å²) >= 11 is 6.52. The third-order valence-electron chi connectivity index (χ3n) is 4.25. The van der Waals surface area contributed by atoms with Crippen molar-refractivity contribution >= 4 is 45.5 Å². The zero-order valence-electron chi connectivity index (χ0n) is 15.9. The molecule has 1 aromatic carbocycles. The van der Waals surface area contributed by atoms with E-state index in [4.69, 9.17) is 21.7 Å². The summed E-state index contributed by atoms with van der Waals surface area (Å²) in [7, 11) is 3.06. The molecule has 0 radical (unpaired) electrons. The zero-order valence-corrected chi connectivity index (χ0v) is 17.6. The smallest absolute Gasteiger partial charge is 0.273 e. The van der Waals surface area contributed by atoms with E-state index in [2.05, 4.69) is 10.3 Å². The van der Waals surface area contributed by atoms with Crippen molar-refractivity contribution in [2.75, 3.05) is 19.5 Å². The lowest BCUT2D eigenvalue weighted by Crippen LogP contribution is -2.30. The molecule has 1 amide bonds. The summed E-state index contributed by atoms with van der Waals surface area (Å²) in [6.45, 7) is 4.12. The molecule has 0 aliphatic heterocycles. The van der Waals surface area contributed by atoms with Gasteiger partial charge in [-0.2, -0.15) is 0 Å². The highest BCUT2D eigenvalue weighted by Crippen LogP contribution is 2.29.